The van der Waals surface area contributed by atoms with Gasteiger partial charge in [-0.1, -0.05) is 45.1 Å². The summed E-state index contributed by atoms with van der Waals surface area (Å²) in [5.74, 6) is 0.607. The molecule has 0 heterocycles. The van der Waals surface area contributed by atoms with Gasteiger partial charge in [0.05, 0.1) is 0 Å². The maximum Gasteiger partial charge on any atom is 0.0270 e. The number of hydrogen-bond acceptors (Lipinski definition) is 1. The molecule has 1 unspecified atom stereocenters. The van der Waals surface area contributed by atoms with Gasteiger partial charge in [-0.15, -0.1) is 0 Å². The Morgan fingerprint density at radius 1 is 1.43 bits per heavy atom. The average molecular weight is 191 g/mol. The number of allylic oxidation sites excluding steroid dienone is 3. The van der Waals surface area contributed by atoms with E-state index in [4.69, 9.17) is 0 Å². The minimum atomic E-state index is 0.607. The molecule has 0 saturated carbocycles. The Hall–Kier alpha value is -1.11. The van der Waals surface area contributed by atoms with E-state index in [1.807, 2.05) is 6.08 Å². The summed E-state index contributed by atoms with van der Waals surface area (Å²) < 4.78 is 0. The summed E-state index contributed by atoms with van der Waals surface area (Å²) in [4.78, 5) is 4.02. The van der Waals surface area contributed by atoms with Crippen LogP contribution in [0.25, 0.3) is 0 Å². The Balaban J connectivity index is 4.09. The van der Waals surface area contributed by atoms with E-state index in [-0.39, 0.29) is 0 Å². The molecule has 1 atom stereocenters. The van der Waals surface area contributed by atoms with Gasteiger partial charge in [0.2, 0.25) is 0 Å². The first kappa shape index (κ1) is 12.9. The lowest BCUT2D eigenvalue weighted by Gasteiger charge is -2.13. The monoisotopic (exact) mass is 191 g/mol. The van der Waals surface area contributed by atoms with Gasteiger partial charge in [-0.25, -0.2) is 0 Å². The van der Waals surface area contributed by atoms with Gasteiger partial charge in [0.1, 0.15) is 0 Å². The quantitative estimate of drug-likeness (QED) is 0.423. The van der Waals surface area contributed by atoms with Gasteiger partial charge in [0.15, 0.2) is 0 Å². The van der Waals surface area contributed by atoms with Crippen molar-refractivity contribution in [2.75, 3.05) is 0 Å². The normalized spacial score (nSPS) is 13.6. The summed E-state index contributed by atoms with van der Waals surface area (Å²) in [5, 5.41) is 0. The molecule has 0 radical (unpaired) electrons. The highest BCUT2D eigenvalue weighted by Crippen LogP contribution is 2.20. The zero-order chi connectivity index (χ0) is 10.8. The van der Waals surface area contributed by atoms with Crippen LogP contribution in [0.2, 0.25) is 0 Å². The van der Waals surface area contributed by atoms with Crippen molar-refractivity contribution in [2.24, 2.45) is 10.9 Å². The number of rotatable bonds is 7. The van der Waals surface area contributed by atoms with Crippen molar-refractivity contribution in [3.05, 3.63) is 37.1 Å². The highest BCUT2D eigenvalue weighted by molar-refractivity contribution is 5.70. The molecule has 0 rings (SSSR count). The molecule has 0 N–H and O–H groups in total. The van der Waals surface area contributed by atoms with Crippen LogP contribution < -0.4 is 0 Å². The van der Waals surface area contributed by atoms with Crippen LogP contribution in [0.15, 0.2) is 42.1 Å². The van der Waals surface area contributed by atoms with Crippen LogP contribution in [-0.2, 0) is 0 Å². The van der Waals surface area contributed by atoms with Gasteiger partial charge in [-0.3, -0.25) is 4.99 Å². The average Bonchev–Trinajstić information content (AvgIpc) is 2.20. The van der Waals surface area contributed by atoms with Crippen molar-refractivity contribution in [1.29, 1.82) is 0 Å². The highest BCUT2D eigenvalue weighted by atomic mass is 14.6. The fourth-order valence-corrected chi connectivity index (χ4v) is 1.39. The molecule has 0 aromatic rings. The van der Waals surface area contributed by atoms with E-state index in [0.717, 1.165) is 6.42 Å². The predicted octanol–water partition coefficient (Wildman–Crippen LogP) is 4.14. The van der Waals surface area contributed by atoms with Gasteiger partial charge >= 0.3 is 0 Å². The maximum absolute atomic E-state index is 4.06. The molecule has 0 fully saturated rings. The molecule has 0 spiro atoms. The number of aliphatic imine (C=N–C) groups is 1. The van der Waals surface area contributed by atoms with Crippen LogP contribution in [0, 0.1) is 5.92 Å². The second-order valence-corrected chi connectivity index (χ2v) is 3.32. The minimum absolute atomic E-state index is 0.607. The van der Waals surface area contributed by atoms with Crippen molar-refractivity contribution in [3.8, 4) is 0 Å². The number of nitrogens with zero attached hydrogens (tertiary/aromatic N) is 1. The first-order valence-electron chi connectivity index (χ1n) is 5.25. The first-order chi connectivity index (χ1) is 6.76. The largest absolute Gasteiger partial charge is 0.265 e. The van der Waals surface area contributed by atoms with Crippen LogP contribution in [0.1, 0.15) is 33.1 Å². The Morgan fingerprint density at radius 2 is 2.14 bits per heavy atom. The second kappa shape index (κ2) is 8.49. The summed E-state index contributed by atoms with van der Waals surface area (Å²) in [7, 11) is 0. The van der Waals surface area contributed by atoms with E-state index < -0.39 is 0 Å². The van der Waals surface area contributed by atoms with Gasteiger partial charge in [0.25, 0.3) is 0 Å². The molecule has 78 valence electrons. The van der Waals surface area contributed by atoms with E-state index in [2.05, 4.69) is 32.0 Å². The lowest BCUT2D eigenvalue weighted by atomic mass is 9.93. The van der Waals surface area contributed by atoms with Crippen LogP contribution in [-0.4, -0.2) is 6.21 Å². The Morgan fingerprint density at radius 3 is 2.64 bits per heavy atom. The Bertz CT molecular complexity index is 223. The third-order valence-corrected chi connectivity index (χ3v) is 2.22. The van der Waals surface area contributed by atoms with Crippen LogP contribution in [0.3, 0.4) is 0 Å². The zero-order valence-electron chi connectivity index (χ0n) is 9.37. The highest BCUT2D eigenvalue weighted by Gasteiger charge is 2.05. The van der Waals surface area contributed by atoms with Crippen LogP contribution in [0.4, 0.5) is 0 Å². The smallest absolute Gasteiger partial charge is 0.0270 e. The third kappa shape index (κ3) is 5.52. The molecule has 0 bridgehead atoms. The lowest BCUT2D eigenvalue weighted by molar-refractivity contribution is 0.545. The summed E-state index contributed by atoms with van der Waals surface area (Å²) in [6.07, 6.45) is 10.7. The topological polar surface area (TPSA) is 12.4 Å². The van der Waals surface area contributed by atoms with Gasteiger partial charge < -0.3 is 0 Å². The van der Waals surface area contributed by atoms with E-state index in [1.54, 1.807) is 18.5 Å². The van der Waals surface area contributed by atoms with E-state index >= 15 is 0 Å². The maximum atomic E-state index is 4.06. The fourth-order valence-electron chi connectivity index (χ4n) is 1.39. The molecule has 0 aromatic heterocycles. The van der Waals surface area contributed by atoms with Gasteiger partial charge in [-0.2, -0.15) is 0 Å². The summed E-state index contributed by atoms with van der Waals surface area (Å²) >= 11 is 0. The van der Waals surface area contributed by atoms with E-state index in [0.29, 0.717) is 5.92 Å². The standard InChI is InChI=1S/C13H21N/c1-5-8-13(7-3)12(4)9-11-14-10-6-2/h6,9-11,13H,2,4-5,7-8H2,1,3H3/b11-9-,14-10?. The molecule has 1 heteroatoms. The molecule has 0 aliphatic carbocycles. The first-order valence-corrected chi connectivity index (χ1v) is 5.25. The molecule has 0 aromatic carbocycles. The van der Waals surface area contributed by atoms with Crippen molar-refractivity contribution in [1.82, 2.24) is 0 Å². The van der Waals surface area contributed by atoms with Gasteiger partial charge in [0, 0.05) is 12.4 Å². The van der Waals surface area contributed by atoms with Crippen LogP contribution in [0.5, 0.6) is 0 Å². The summed E-state index contributed by atoms with van der Waals surface area (Å²) in [6, 6.07) is 0. The van der Waals surface area contributed by atoms with Gasteiger partial charge in [-0.05, 0) is 24.8 Å². The summed E-state index contributed by atoms with van der Waals surface area (Å²) in [6.45, 7) is 12.0. The van der Waals surface area contributed by atoms with Crippen molar-refractivity contribution >= 4 is 6.21 Å². The van der Waals surface area contributed by atoms with E-state index in [9.17, 15) is 0 Å². The molecular formula is C13H21N. The summed E-state index contributed by atoms with van der Waals surface area (Å²) in [5.41, 5.74) is 1.18. The molecule has 0 amide bonds. The zero-order valence-corrected chi connectivity index (χ0v) is 9.37. The molecule has 1 nitrogen and oxygen atoms in total. The molecule has 0 aliphatic heterocycles. The Kier molecular flexibility index (Phi) is 7.81. The molecular weight excluding hydrogens is 170 g/mol. The molecule has 0 aliphatic rings. The molecule has 0 saturated heterocycles. The lowest BCUT2D eigenvalue weighted by Crippen LogP contribution is -1.99. The predicted molar refractivity (Wildman–Crippen MR) is 65.7 cm³/mol. The molecule has 14 heavy (non-hydrogen) atoms. The van der Waals surface area contributed by atoms with E-state index in [1.165, 1.54) is 18.4 Å². The number of hydrogen-bond donors (Lipinski definition) is 0. The fraction of sp³-hybridized carbons (Fsp3) is 0.462. The van der Waals surface area contributed by atoms with Crippen molar-refractivity contribution in [2.45, 2.75) is 33.1 Å². The second-order valence-electron chi connectivity index (χ2n) is 3.32. The minimum Gasteiger partial charge on any atom is -0.265 e. The SMILES string of the molecule is C=CC=N/C=C\C(=C)C(CC)CCC. The van der Waals surface area contributed by atoms with Crippen LogP contribution >= 0.6 is 0 Å². The third-order valence-electron chi connectivity index (χ3n) is 2.22. The van der Waals surface area contributed by atoms with Crippen molar-refractivity contribution in [3.63, 3.8) is 0 Å². The van der Waals surface area contributed by atoms with Crippen molar-refractivity contribution < 1.29 is 0 Å². The Labute approximate surface area is 87.9 Å².